The number of benzene rings is 1. The number of amides is 2. The Morgan fingerprint density at radius 3 is 2.81 bits per heavy atom. The zero-order valence-electron chi connectivity index (χ0n) is 15.5. The van der Waals surface area contributed by atoms with Gasteiger partial charge in [0.25, 0.3) is 5.91 Å². The van der Waals surface area contributed by atoms with Crippen molar-refractivity contribution in [3.63, 3.8) is 0 Å². The van der Waals surface area contributed by atoms with Gasteiger partial charge in [0, 0.05) is 26.2 Å². The van der Waals surface area contributed by atoms with E-state index in [9.17, 15) is 9.59 Å². The molecule has 1 aliphatic rings. The van der Waals surface area contributed by atoms with Crippen molar-refractivity contribution in [2.24, 2.45) is 5.73 Å². The van der Waals surface area contributed by atoms with Gasteiger partial charge in [0.05, 0.1) is 12.7 Å². The van der Waals surface area contributed by atoms with E-state index in [2.05, 4.69) is 16.4 Å². The molecule has 8 nitrogen and oxygen atoms in total. The number of halogens is 1. The summed E-state index contributed by atoms with van der Waals surface area (Å²) in [6, 6.07) is 7.58. The van der Waals surface area contributed by atoms with Crippen molar-refractivity contribution in [3.05, 3.63) is 47.3 Å². The third-order valence-corrected chi connectivity index (χ3v) is 4.58. The molecule has 1 aromatic heterocycles. The van der Waals surface area contributed by atoms with E-state index >= 15 is 0 Å². The molecule has 0 saturated carbocycles. The van der Waals surface area contributed by atoms with Crippen LogP contribution >= 0.6 is 12.4 Å². The molecule has 27 heavy (non-hydrogen) atoms. The zero-order valence-corrected chi connectivity index (χ0v) is 16.4. The second-order valence-electron chi connectivity index (χ2n) is 6.58. The van der Waals surface area contributed by atoms with Gasteiger partial charge in [-0.15, -0.1) is 17.5 Å². The summed E-state index contributed by atoms with van der Waals surface area (Å²) in [6.07, 6.45) is 1.57. The van der Waals surface area contributed by atoms with Gasteiger partial charge >= 0.3 is 0 Å². The first-order chi connectivity index (χ1) is 12.5. The average Bonchev–Trinajstić information content (AvgIpc) is 3.08. The summed E-state index contributed by atoms with van der Waals surface area (Å²) >= 11 is 0. The number of piperazine rings is 1. The van der Waals surface area contributed by atoms with Crippen molar-refractivity contribution in [1.82, 2.24) is 24.8 Å². The summed E-state index contributed by atoms with van der Waals surface area (Å²) in [5.74, 6) is -0.329. The molecular formula is C18H25ClN6O2. The topological polar surface area (TPSA) is 97.3 Å². The van der Waals surface area contributed by atoms with Gasteiger partial charge < -0.3 is 15.5 Å². The molecule has 1 saturated heterocycles. The summed E-state index contributed by atoms with van der Waals surface area (Å²) < 4.78 is 1.54. The lowest BCUT2D eigenvalue weighted by atomic mass is 10.1. The molecule has 0 aliphatic carbocycles. The molecule has 1 aliphatic heterocycles. The third-order valence-electron chi connectivity index (χ3n) is 4.58. The Hall–Kier alpha value is -2.45. The molecule has 2 aromatic rings. The molecule has 0 spiro atoms. The first kappa shape index (κ1) is 20.9. The van der Waals surface area contributed by atoms with E-state index in [-0.39, 0.29) is 29.9 Å². The lowest BCUT2D eigenvalue weighted by molar-refractivity contribution is -0.140. The second kappa shape index (κ2) is 8.96. The van der Waals surface area contributed by atoms with Crippen LogP contribution in [0, 0.1) is 6.92 Å². The molecule has 1 aromatic carbocycles. The van der Waals surface area contributed by atoms with E-state index in [1.807, 2.05) is 25.1 Å². The van der Waals surface area contributed by atoms with Crippen LogP contribution in [0.15, 0.2) is 30.5 Å². The van der Waals surface area contributed by atoms with Gasteiger partial charge in [-0.2, -0.15) is 0 Å². The Morgan fingerprint density at radius 2 is 2.11 bits per heavy atom. The fourth-order valence-corrected chi connectivity index (χ4v) is 3.18. The number of nitrogens with two attached hydrogens (primary N) is 1. The number of carbonyl (C=O) groups is 2. The Balaban J connectivity index is 0.00000261. The minimum atomic E-state index is -0.527. The highest BCUT2D eigenvalue weighted by Crippen LogP contribution is 2.17. The first-order valence-electron chi connectivity index (χ1n) is 8.75. The summed E-state index contributed by atoms with van der Waals surface area (Å²) in [5.41, 5.74) is 7.98. The minimum absolute atomic E-state index is 0. The fourth-order valence-electron chi connectivity index (χ4n) is 3.18. The first-order valence-corrected chi connectivity index (χ1v) is 8.75. The molecule has 1 atom stereocenters. The van der Waals surface area contributed by atoms with E-state index < -0.39 is 6.04 Å². The largest absolute Gasteiger partial charge is 0.335 e. The van der Waals surface area contributed by atoms with Crippen molar-refractivity contribution in [2.75, 3.05) is 19.6 Å². The van der Waals surface area contributed by atoms with Crippen LogP contribution in [-0.2, 0) is 17.9 Å². The maximum atomic E-state index is 12.7. The summed E-state index contributed by atoms with van der Waals surface area (Å²) in [7, 11) is 0. The Labute approximate surface area is 164 Å². The van der Waals surface area contributed by atoms with Crippen LogP contribution in [-0.4, -0.2) is 62.3 Å². The zero-order chi connectivity index (χ0) is 18.7. The molecule has 2 amide bonds. The third kappa shape index (κ3) is 4.64. The van der Waals surface area contributed by atoms with E-state index in [1.54, 1.807) is 22.9 Å². The van der Waals surface area contributed by atoms with Crippen molar-refractivity contribution in [2.45, 2.75) is 33.0 Å². The van der Waals surface area contributed by atoms with Gasteiger partial charge in [-0.1, -0.05) is 35.0 Å². The number of aromatic nitrogens is 3. The maximum Gasteiger partial charge on any atom is 0.276 e. The number of carbonyl (C=O) groups excluding carboxylic acids is 2. The van der Waals surface area contributed by atoms with Crippen LogP contribution in [0.2, 0.25) is 0 Å². The Kier molecular flexibility index (Phi) is 6.92. The molecule has 0 radical (unpaired) electrons. The van der Waals surface area contributed by atoms with Crippen LogP contribution in [0.5, 0.6) is 0 Å². The molecule has 146 valence electrons. The average molecular weight is 393 g/mol. The van der Waals surface area contributed by atoms with Gasteiger partial charge in [-0.25, -0.2) is 0 Å². The van der Waals surface area contributed by atoms with Gasteiger partial charge in [0.1, 0.15) is 6.04 Å². The van der Waals surface area contributed by atoms with E-state index in [4.69, 9.17) is 5.73 Å². The summed E-state index contributed by atoms with van der Waals surface area (Å²) in [5, 5.41) is 7.80. The summed E-state index contributed by atoms with van der Waals surface area (Å²) in [4.78, 5) is 28.8. The highest BCUT2D eigenvalue weighted by atomic mass is 35.5. The highest BCUT2D eigenvalue weighted by Gasteiger charge is 2.35. The second-order valence-corrected chi connectivity index (χ2v) is 6.58. The fraction of sp³-hybridized carbons (Fsp3) is 0.444. The monoisotopic (exact) mass is 392 g/mol. The molecule has 0 bridgehead atoms. The van der Waals surface area contributed by atoms with Crippen molar-refractivity contribution < 1.29 is 9.59 Å². The standard InChI is InChI=1S/C18H24N6O2.ClH/c1-13-4-3-5-15(10-13)11-22-8-9-24(14(2)17(22)25)18(26)16-12-23(7-6-19)21-20-16;/h3-5,10,12,14H,6-9,11,19H2,1-2H3;1H. The van der Waals surface area contributed by atoms with Crippen LogP contribution in [0.1, 0.15) is 28.5 Å². The molecule has 2 heterocycles. The minimum Gasteiger partial charge on any atom is -0.335 e. The summed E-state index contributed by atoms with van der Waals surface area (Å²) in [6.45, 7) is 6.23. The lowest BCUT2D eigenvalue weighted by Crippen LogP contribution is -2.57. The van der Waals surface area contributed by atoms with Gasteiger partial charge in [0.2, 0.25) is 5.91 Å². The van der Waals surface area contributed by atoms with Gasteiger partial charge in [-0.3, -0.25) is 14.3 Å². The predicted molar refractivity (Wildman–Crippen MR) is 103 cm³/mol. The van der Waals surface area contributed by atoms with Gasteiger partial charge in [0.15, 0.2) is 5.69 Å². The number of hydrogen-bond acceptors (Lipinski definition) is 5. The SMILES string of the molecule is Cc1cccc(CN2CCN(C(=O)c3cn(CCN)nn3)C(C)C2=O)c1.Cl. The van der Waals surface area contributed by atoms with Crippen LogP contribution < -0.4 is 5.73 Å². The lowest BCUT2D eigenvalue weighted by Gasteiger charge is -2.38. The van der Waals surface area contributed by atoms with Crippen molar-refractivity contribution >= 4 is 24.2 Å². The normalized spacial score (nSPS) is 17.0. The van der Waals surface area contributed by atoms with Gasteiger partial charge in [-0.05, 0) is 19.4 Å². The van der Waals surface area contributed by atoms with E-state index in [1.165, 1.54) is 4.68 Å². The highest BCUT2D eigenvalue weighted by molar-refractivity contribution is 5.96. The van der Waals surface area contributed by atoms with Crippen LogP contribution in [0.4, 0.5) is 0 Å². The van der Waals surface area contributed by atoms with E-state index in [0.717, 1.165) is 11.1 Å². The number of nitrogens with zero attached hydrogens (tertiary/aromatic N) is 5. The van der Waals surface area contributed by atoms with Crippen molar-refractivity contribution in [3.8, 4) is 0 Å². The number of hydrogen-bond donors (Lipinski definition) is 1. The quantitative estimate of drug-likeness (QED) is 0.813. The van der Waals surface area contributed by atoms with Crippen LogP contribution in [0.3, 0.4) is 0 Å². The Morgan fingerprint density at radius 1 is 1.33 bits per heavy atom. The smallest absolute Gasteiger partial charge is 0.276 e. The molecule has 1 unspecified atom stereocenters. The molecule has 3 rings (SSSR count). The van der Waals surface area contributed by atoms with E-state index in [0.29, 0.717) is 32.7 Å². The van der Waals surface area contributed by atoms with Crippen LogP contribution in [0.25, 0.3) is 0 Å². The molecular weight excluding hydrogens is 368 g/mol. The maximum absolute atomic E-state index is 12.7. The number of aryl methyl sites for hydroxylation is 1. The molecule has 2 N–H and O–H groups in total. The molecule has 1 fully saturated rings. The molecule has 9 heteroatoms. The predicted octanol–water partition coefficient (Wildman–Crippen LogP) is 0.840. The van der Waals surface area contributed by atoms with Crippen molar-refractivity contribution in [1.29, 1.82) is 0 Å². The Bertz CT molecular complexity index is 809. The number of rotatable bonds is 5.